The maximum atomic E-state index is 12.3. The number of hydrogen-bond acceptors (Lipinski definition) is 2. The van der Waals surface area contributed by atoms with Gasteiger partial charge in [0.15, 0.2) is 0 Å². The number of nitrogens with zero attached hydrogens (tertiary/aromatic N) is 2. The van der Waals surface area contributed by atoms with E-state index in [1.54, 1.807) is 0 Å². The molecule has 0 aliphatic heterocycles. The van der Waals surface area contributed by atoms with E-state index in [0.717, 1.165) is 31.6 Å². The van der Waals surface area contributed by atoms with Crippen LogP contribution in [0.3, 0.4) is 0 Å². The minimum atomic E-state index is 0.213. The van der Waals surface area contributed by atoms with Crippen LogP contribution in [0.25, 0.3) is 0 Å². The lowest BCUT2D eigenvalue weighted by atomic mass is 10.0. The van der Waals surface area contributed by atoms with Crippen LogP contribution in [0.2, 0.25) is 0 Å². The van der Waals surface area contributed by atoms with Crippen LogP contribution in [0, 0.1) is 5.92 Å². The second kappa shape index (κ2) is 8.83. The first kappa shape index (κ1) is 17.7. The molecule has 0 saturated carbocycles. The molecule has 0 bridgehead atoms. The van der Waals surface area contributed by atoms with Crippen LogP contribution in [-0.2, 0) is 11.2 Å². The second-order valence-corrected chi connectivity index (χ2v) is 6.28. The molecule has 0 spiro atoms. The molecule has 21 heavy (non-hydrogen) atoms. The van der Waals surface area contributed by atoms with Crippen LogP contribution in [-0.4, -0.2) is 38.0 Å². The summed E-state index contributed by atoms with van der Waals surface area (Å²) in [5.41, 5.74) is 2.37. The highest BCUT2D eigenvalue weighted by Gasteiger charge is 2.17. The minimum Gasteiger partial charge on any atom is -0.312 e. The third-order valence-electron chi connectivity index (χ3n) is 3.50. The molecule has 0 saturated heterocycles. The molecule has 3 heteroatoms. The Kier molecular flexibility index (Phi) is 7.44. The third-order valence-corrected chi connectivity index (χ3v) is 3.50. The fourth-order valence-electron chi connectivity index (χ4n) is 2.50. The zero-order valence-corrected chi connectivity index (χ0v) is 14.2. The number of anilines is 1. The second-order valence-electron chi connectivity index (χ2n) is 6.28. The molecule has 0 aromatic heterocycles. The molecule has 3 nitrogen and oxygen atoms in total. The summed E-state index contributed by atoms with van der Waals surface area (Å²) < 4.78 is 0. The van der Waals surface area contributed by atoms with E-state index in [2.05, 4.69) is 51.0 Å². The van der Waals surface area contributed by atoms with E-state index in [-0.39, 0.29) is 5.91 Å². The molecule has 0 fully saturated rings. The number of amides is 1. The largest absolute Gasteiger partial charge is 0.312 e. The highest BCUT2D eigenvalue weighted by Crippen LogP contribution is 2.24. The maximum Gasteiger partial charge on any atom is 0.226 e. The van der Waals surface area contributed by atoms with Crippen LogP contribution in [0.5, 0.6) is 0 Å². The Labute approximate surface area is 129 Å². The molecule has 0 heterocycles. The Morgan fingerprint density at radius 2 is 1.81 bits per heavy atom. The highest BCUT2D eigenvalue weighted by atomic mass is 16.2. The van der Waals surface area contributed by atoms with Gasteiger partial charge in [0.2, 0.25) is 5.91 Å². The predicted octanol–water partition coefficient (Wildman–Crippen LogP) is 3.58. The van der Waals surface area contributed by atoms with Crippen molar-refractivity contribution in [3.63, 3.8) is 0 Å². The molecule has 1 rings (SSSR count). The molecule has 1 aromatic carbocycles. The third kappa shape index (κ3) is 5.88. The molecular formula is C18H30N2O. The van der Waals surface area contributed by atoms with Gasteiger partial charge in [-0.2, -0.15) is 0 Å². The van der Waals surface area contributed by atoms with E-state index in [1.807, 2.05) is 17.9 Å². The number of para-hydroxylation sites is 1. The van der Waals surface area contributed by atoms with Crippen molar-refractivity contribution >= 4 is 11.6 Å². The Balaban J connectivity index is 2.94. The summed E-state index contributed by atoms with van der Waals surface area (Å²) >= 11 is 0. The topological polar surface area (TPSA) is 23.6 Å². The summed E-state index contributed by atoms with van der Waals surface area (Å²) in [6.45, 7) is 8.16. The van der Waals surface area contributed by atoms with Gasteiger partial charge < -0.3 is 9.80 Å². The van der Waals surface area contributed by atoms with Gasteiger partial charge in [0.05, 0.1) is 0 Å². The van der Waals surface area contributed by atoms with Gasteiger partial charge in [0.1, 0.15) is 0 Å². The maximum absolute atomic E-state index is 12.3. The molecule has 1 amide bonds. The van der Waals surface area contributed by atoms with Crippen molar-refractivity contribution in [3.8, 4) is 0 Å². The summed E-state index contributed by atoms with van der Waals surface area (Å²) in [5, 5.41) is 0. The van der Waals surface area contributed by atoms with Crippen LogP contribution in [0.1, 0.15) is 39.2 Å². The standard InChI is InChI=1S/C18H30N2O/c1-6-18(21)20(13-9-12-19(4)5)17-11-8-7-10-16(17)14-15(2)3/h7-8,10-11,15H,6,9,12-14H2,1-5H3. The van der Waals surface area contributed by atoms with Gasteiger partial charge in [-0.25, -0.2) is 0 Å². The van der Waals surface area contributed by atoms with Crippen molar-refractivity contribution in [2.24, 2.45) is 5.92 Å². The lowest BCUT2D eigenvalue weighted by molar-refractivity contribution is -0.118. The molecule has 0 N–H and O–H groups in total. The quantitative estimate of drug-likeness (QED) is 0.730. The fourth-order valence-corrected chi connectivity index (χ4v) is 2.50. The van der Waals surface area contributed by atoms with E-state index in [9.17, 15) is 4.79 Å². The number of carbonyl (C=O) groups excluding carboxylic acids is 1. The summed E-state index contributed by atoms with van der Waals surface area (Å²) in [4.78, 5) is 16.5. The zero-order chi connectivity index (χ0) is 15.8. The fraction of sp³-hybridized carbons (Fsp3) is 0.611. The Hall–Kier alpha value is -1.35. The normalized spacial score (nSPS) is 11.2. The zero-order valence-electron chi connectivity index (χ0n) is 14.2. The molecule has 0 aliphatic rings. The summed E-state index contributed by atoms with van der Waals surface area (Å²) in [7, 11) is 4.14. The Morgan fingerprint density at radius 1 is 1.14 bits per heavy atom. The van der Waals surface area contributed by atoms with Gasteiger partial charge in [-0.1, -0.05) is 39.0 Å². The van der Waals surface area contributed by atoms with E-state index in [1.165, 1.54) is 5.56 Å². The Morgan fingerprint density at radius 3 is 2.38 bits per heavy atom. The van der Waals surface area contributed by atoms with Crippen molar-refractivity contribution in [2.75, 3.05) is 32.1 Å². The lowest BCUT2D eigenvalue weighted by Crippen LogP contribution is -2.33. The average molecular weight is 290 g/mol. The molecule has 0 unspecified atom stereocenters. The molecule has 118 valence electrons. The predicted molar refractivity (Wildman–Crippen MR) is 90.8 cm³/mol. The van der Waals surface area contributed by atoms with Gasteiger partial charge in [-0.05, 0) is 51.0 Å². The van der Waals surface area contributed by atoms with Gasteiger partial charge in [-0.3, -0.25) is 4.79 Å². The van der Waals surface area contributed by atoms with Crippen molar-refractivity contribution in [1.29, 1.82) is 0 Å². The first-order valence-electron chi connectivity index (χ1n) is 7.98. The number of benzene rings is 1. The van der Waals surface area contributed by atoms with Crippen molar-refractivity contribution in [3.05, 3.63) is 29.8 Å². The molecule has 0 atom stereocenters. The average Bonchev–Trinajstić information content (AvgIpc) is 2.43. The smallest absolute Gasteiger partial charge is 0.226 e. The van der Waals surface area contributed by atoms with Crippen LogP contribution >= 0.6 is 0 Å². The Bertz CT molecular complexity index is 441. The molecule has 0 aliphatic carbocycles. The molecule has 1 aromatic rings. The summed E-state index contributed by atoms with van der Waals surface area (Å²) in [6.07, 6.45) is 2.56. The van der Waals surface area contributed by atoms with Gasteiger partial charge in [0.25, 0.3) is 0 Å². The number of rotatable bonds is 8. The highest BCUT2D eigenvalue weighted by molar-refractivity contribution is 5.93. The number of carbonyl (C=O) groups is 1. The molecular weight excluding hydrogens is 260 g/mol. The van der Waals surface area contributed by atoms with Crippen LogP contribution in [0.15, 0.2) is 24.3 Å². The van der Waals surface area contributed by atoms with Crippen molar-refractivity contribution in [1.82, 2.24) is 4.90 Å². The first-order chi connectivity index (χ1) is 9.95. The van der Waals surface area contributed by atoms with E-state index in [0.29, 0.717) is 12.3 Å². The van der Waals surface area contributed by atoms with Crippen molar-refractivity contribution in [2.45, 2.75) is 40.0 Å². The van der Waals surface area contributed by atoms with Crippen molar-refractivity contribution < 1.29 is 4.79 Å². The van der Waals surface area contributed by atoms with Gasteiger partial charge in [0, 0.05) is 18.7 Å². The lowest BCUT2D eigenvalue weighted by Gasteiger charge is -2.26. The monoisotopic (exact) mass is 290 g/mol. The van der Waals surface area contributed by atoms with Crippen LogP contribution in [0.4, 0.5) is 5.69 Å². The van der Waals surface area contributed by atoms with Crippen LogP contribution < -0.4 is 4.90 Å². The first-order valence-corrected chi connectivity index (χ1v) is 7.98. The SMILES string of the molecule is CCC(=O)N(CCCN(C)C)c1ccccc1CC(C)C. The minimum absolute atomic E-state index is 0.213. The summed E-state index contributed by atoms with van der Waals surface area (Å²) in [6, 6.07) is 8.33. The number of hydrogen-bond donors (Lipinski definition) is 0. The van der Waals surface area contributed by atoms with Gasteiger partial charge in [-0.15, -0.1) is 0 Å². The van der Waals surface area contributed by atoms with Gasteiger partial charge >= 0.3 is 0 Å². The molecule has 0 radical (unpaired) electrons. The summed E-state index contributed by atoms with van der Waals surface area (Å²) in [5.74, 6) is 0.802. The van der Waals surface area contributed by atoms with E-state index >= 15 is 0 Å². The van der Waals surface area contributed by atoms with E-state index < -0.39 is 0 Å². The van der Waals surface area contributed by atoms with E-state index in [4.69, 9.17) is 0 Å².